The van der Waals surface area contributed by atoms with Crippen LogP contribution in [0.15, 0.2) is 36.4 Å². The maximum Gasteiger partial charge on any atom is 3.00 e. The van der Waals surface area contributed by atoms with Gasteiger partial charge in [-0.2, -0.15) is 6.07 Å². The third-order valence-corrected chi connectivity index (χ3v) is 2.09. The summed E-state index contributed by atoms with van der Waals surface area (Å²) in [6.45, 7) is 5.84. The Hall–Kier alpha value is 0.470. The average Bonchev–Trinajstić information content (AvgIpc) is 2.59. The molecule has 5 heteroatoms. The smallest absolute Gasteiger partial charge is 1.00 e. The van der Waals surface area contributed by atoms with Gasteiger partial charge in [-0.1, -0.05) is 13.0 Å². The van der Waals surface area contributed by atoms with Crippen molar-refractivity contribution in [3.8, 4) is 0 Å². The van der Waals surface area contributed by atoms with Crippen LogP contribution in [0.5, 0.6) is 0 Å². The fraction of sp³-hybridized carbons (Fsp3) is 0.308. The molecular formula is C13H18Cl2OSiZr. The van der Waals surface area contributed by atoms with Crippen LogP contribution in [0, 0.1) is 0 Å². The SMILES string of the molecule is CCc1cc2ccccc2[cH-]1.C[Si](C)O.[Cl-].[Cl-].[Zr+3]. The van der Waals surface area contributed by atoms with Gasteiger partial charge in [-0.15, -0.1) is 40.6 Å². The second-order valence-corrected chi connectivity index (χ2v) is 5.69. The first-order valence-corrected chi connectivity index (χ1v) is 7.71. The predicted molar refractivity (Wildman–Crippen MR) is 68.6 cm³/mol. The minimum Gasteiger partial charge on any atom is -1.00 e. The zero-order valence-corrected chi connectivity index (χ0v) is 15.8. The number of hydrogen-bond acceptors (Lipinski definition) is 1. The van der Waals surface area contributed by atoms with Gasteiger partial charge >= 0.3 is 26.2 Å². The van der Waals surface area contributed by atoms with Crippen molar-refractivity contribution >= 4 is 19.8 Å². The van der Waals surface area contributed by atoms with Gasteiger partial charge in [0.05, 0.1) is 0 Å². The first-order valence-electron chi connectivity index (χ1n) is 5.27. The summed E-state index contributed by atoms with van der Waals surface area (Å²) < 4.78 is 0. The molecule has 0 aliphatic rings. The van der Waals surface area contributed by atoms with Crippen LogP contribution in [-0.2, 0) is 32.6 Å². The number of benzene rings is 1. The minimum atomic E-state index is -0.880. The van der Waals surface area contributed by atoms with Crippen molar-refractivity contribution in [2.24, 2.45) is 0 Å². The van der Waals surface area contributed by atoms with Gasteiger partial charge in [-0.25, -0.2) is 0 Å². The quantitative estimate of drug-likeness (QED) is 0.424. The van der Waals surface area contributed by atoms with E-state index >= 15 is 0 Å². The molecule has 0 saturated heterocycles. The van der Waals surface area contributed by atoms with Gasteiger partial charge in [0.2, 0.25) is 0 Å². The van der Waals surface area contributed by atoms with E-state index in [0.717, 1.165) is 6.42 Å². The fourth-order valence-corrected chi connectivity index (χ4v) is 1.42. The number of aryl methyl sites for hydroxylation is 1. The first-order chi connectivity index (χ1) is 7.13. The number of rotatable bonds is 1. The van der Waals surface area contributed by atoms with Crippen molar-refractivity contribution < 1.29 is 55.8 Å². The van der Waals surface area contributed by atoms with Crippen LogP contribution in [0.4, 0.5) is 0 Å². The molecule has 2 aromatic rings. The van der Waals surface area contributed by atoms with Crippen LogP contribution < -0.4 is 24.8 Å². The summed E-state index contributed by atoms with van der Waals surface area (Å²) in [4.78, 5) is 8.16. The molecule has 0 spiro atoms. The third kappa shape index (κ3) is 8.55. The molecule has 2 rings (SSSR count). The molecule has 2 radical (unpaired) electrons. The minimum absolute atomic E-state index is 0. The van der Waals surface area contributed by atoms with E-state index in [1.54, 1.807) is 0 Å². The van der Waals surface area contributed by atoms with Gasteiger partial charge in [0.1, 0.15) is 0 Å². The van der Waals surface area contributed by atoms with Crippen molar-refractivity contribution in [2.45, 2.75) is 26.4 Å². The standard InChI is InChI=1S/C11H11.C2H7OSi.2ClH.Zr/c1-2-9-7-10-5-3-4-6-11(10)8-9;1-4(2)3;;;/h3-8H,2H2,1H3;3H,1-2H3;2*1H;/q-1;;;;+3/p-2. The number of hydrogen-bond donors (Lipinski definition) is 1. The summed E-state index contributed by atoms with van der Waals surface area (Å²) in [5.74, 6) is 0. The molecule has 0 amide bonds. The van der Waals surface area contributed by atoms with Crippen molar-refractivity contribution in [3.05, 3.63) is 42.0 Å². The predicted octanol–water partition coefficient (Wildman–Crippen LogP) is -2.64. The van der Waals surface area contributed by atoms with E-state index in [1.807, 2.05) is 13.1 Å². The van der Waals surface area contributed by atoms with Crippen LogP contribution >= 0.6 is 0 Å². The van der Waals surface area contributed by atoms with Crippen molar-refractivity contribution in [3.63, 3.8) is 0 Å². The van der Waals surface area contributed by atoms with E-state index in [9.17, 15) is 0 Å². The molecule has 0 bridgehead atoms. The Kier molecular flexibility index (Phi) is 16.4. The monoisotopic (exact) mass is 378 g/mol. The molecule has 0 saturated carbocycles. The Labute approximate surface area is 143 Å². The van der Waals surface area contributed by atoms with Crippen LogP contribution in [0.2, 0.25) is 13.1 Å². The Morgan fingerprint density at radius 1 is 1.17 bits per heavy atom. The summed E-state index contributed by atoms with van der Waals surface area (Å²) in [5.41, 5.74) is 1.44. The van der Waals surface area contributed by atoms with Crippen LogP contribution in [0.25, 0.3) is 10.8 Å². The summed E-state index contributed by atoms with van der Waals surface area (Å²) in [6, 6.07) is 13.0. The molecule has 2 aromatic carbocycles. The summed E-state index contributed by atoms with van der Waals surface area (Å²) in [7, 11) is -0.880. The van der Waals surface area contributed by atoms with Gasteiger partial charge in [-0.05, 0) is 19.5 Å². The molecule has 0 heterocycles. The van der Waals surface area contributed by atoms with E-state index < -0.39 is 9.04 Å². The summed E-state index contributed by atoms with van der Waals surface area (Å²) in [5, 5.41) is 2.73. The van der Waals surface area contributed by atoms with Gasteiger partial charge in [0, 0.05) is 0 Å². The second kappa shape index (κ2) is 12.5. The zero-order valence-electron chi connectivity index (χ0n) is 10.9. The molecule has 98 valence electrons. The fourth-order valence-electron chi connectivity index (χ4n) is 1.42. The normalized spacial score (nSPS) is 8.50. The largest absolute Gasteiger partial charge is 3.00 e. The molecular weight excluding hydrogens is 362 g/mol. The van der Waals surface area contributed by atoms with Gasteiger partial charge in [0.15, 0.2) is 9.04 Å². The Morgan fingerprint density at radius 2 is 1.67 bits per heavy atom. The van der Waals surface area contributed by atoms with Crippen LogP contribution in [-0.4, -0.2) is 13.8 Å². The molecule has 1 N–H and O–H groups in total. The van der Waals surface area contributed by atoms with Gasteiger partial charge in [0.25, 0.3) is 0 Å². The molecule has 0 aromatic heterocycles. The van der Waals surface area contributed by atoms with E-state index in [-0.39, 0.29) is 51.0 Å². The molecule has 0 atom stereocenters. The summed E-state index contributed by atoms with van der Waals surface area (Å²) in [6.07, 6.45) is 1.13. The molecule has 0 aliphatic heterocycles. The van der Waals surface area contributed by atoms with Crippen molar-refractivity contribution in [1.29, 1.82) is 0 Å². The summed E-state index contributed by atoms with van der Waals surface area (Å²) >= 11 is 0. The number of halogens is 2. The van der Waals surface area contributed by atoms with Crippen LogP contribution in [0.3, 0.4) is 0 Å². The second-order valence-electron chi connectivity index (χ2n) is 3.79. The Morgan fingerprint density at radius 3 is 2.11 bits per heavy atom. The molecule has 0 unspecified atom stereocenters. The topological polar surface area (TPSA) is 20.2 Å². The maximum absolute atomic E-state index is 8.16. The number of fused-ring (bicyclic) bond motifs is 1. The van der Waals surface area contributed by atoms with E-state index in [4.69, 9.17) is 4.80 Å². The first kappa shape index (κ1) is 23.6. The third-order valence-electron chi connectivity index (χ3n) is 2.09. The van der Waals surface area contributed by atoms with Crippen LogP contribution in [0.1, 0.15) is 12.5 Å². The Balaban J connectivity index is -0.000000289. The van der Waals surface area contributed by atoms with Crippen molar-refractivity contribution in [1.82, 2.24) is 0 Å². The molecule has 0 fully saturated rings. The molecule has 1 nitrogen and oxygen atoms in total. The van der Waals surface area contributed by atoms with Gasteiger partial charge < -0.3 is 29.6 Å². The maximum atomic E-state index is 8.16. The average molecular weight is 381 g/mol. The zero-order chi connectivity index (χ0) is 11.3. The van der Waals surface area contributed by atoms with E-state index in [1.165, 1.54) is 16.3 Å². The van der Waals surface area contributed by atoms with Gasteiger partial charge in [-0.3, -0.25) is 0 Å². The van der Waals surface area contributed by atoms with Crippen molar-refractivity contribution in [2.75, 3.05) is 0 Å². The van der Waals surface area contributed by atoms with E-state index in [2.05, 4.69) is 43.3 Å². The Bertz CT molecular complexity index is 382. The van der Waals surface area contributed by atoms with E-state index in [0.29, 0.717) is 0 Å². The molecule has 18 heavy (non-hydrogen) atoms. The molecule has 0 aliphatic carbocycles.